The fourth-order valence-electron chi connectivity index (χ4n) is 2.97. The summed E-state index contributed by atoms with van der Waals surface area (Å²) >= 11 is 3.02. The van der Waals surface area contributed by atoms with Crippen molar-refractivity contribution >= 4 is 29.0 Å². The molecule has 4 rings (SSSR count). The Labute approximate surface area is 198 Å². The zero-order valence-corrected chi connectivity index (χ0v) is 19.1. The number of hydrogen-bond donors (Lipinski definition) is 1. The van der Waals surface area contributed by atoms with Crippen LogP contribution >= 0.6 is 23.1 Å². The van der Waals surface area contributed by atoms with E-state index in [1.807, 2.05) is 22.1 Å². The van der Waals surface area contributed by atoms with Crippen LogP contribution in [0.25, 0.3) is 10.6 Å². The molecule has 0 aliphatic rings. The highest BCUT2D eigenvalue weighted by atomic mass is 32.2. The van der Waals surface area contributed by atoms with E-state index in [0.29, 0.717) is 28.8 Å². The van der Waals surface area contributed by atoms with Gasteiger partial charge in [-0.05, 0) is 24.3 Å². The van der Waals surface area contributed by atoms with E-state index in [1.165, 1.54) is 29.2 Å². The number of ether oxygens (including phenoxy) is 1. The molecular weight excluding hydrogens is 461 g/mol. The average molecular weight is 482 g/mol. The van der Waals surface area contributed by atoms with Gasteiger partial charge in [-0.1, -0.05) is 42.1 Å². The molecule has 2 aromatic heterocycles. The Morgan fingerprint density at radius 3 is 2.73 bits per heavy atom. The largest absolute Gasteiger partial charge is 0.483 e. The average Bonchev–Trinajstić information content (AvgIpc) is 3.45. The lowest BCUT2D eigenvalue weighted by atomic mass is 10.1. The normalized spacial score (nSPS) is 10.8. The van der Waals surface area contributed by atoms with E-state index in [-0.39, 0.29) is 12.4 Å². The van der Waals surface area contributed by atoms with Crippen LogP contribution in [-0.4, -0.2) is 25.7 Å². The summed E-state index contributed by atoms with van der Waals surface area (Å²) in [5.41, 5.74) is 7.57. The van der Waals surface area contributed by atoms with E-state index in [9.17, 15) is 9.18 Å². The SMILES string of the molecule is C=CCn1c(COc2ccccc2F)nnc1SCc1csc(-c2ccc(C(N)=O)cc2)n1. The van der Waals surface area contributed by atoms with Gasteiger partial charge in [-0.15, -0.1) is 28.1 Å². The van der Waals surface area contributed by atoms with Gasteiger partial charge in [0.1, 0.15) is 11.6 Å². The third kappa shape index (κ3) is 5.47. The van der Waals surface area contributed by atoms with Gasteiger partial charge >= 0.3 is 0 Å². The van der Waals surface area contributed by atoms with Crippen molar-refractivity contribution in [2.24, 2.45) is 5.73 Å². The molecule has 2 heterocycles. The highest BCUT2D eigenvalue weighted by molar-refractivity contribution is 7.98. The van der Waals surface area contributed by atoms with E-state index in [0.717, 1.165) is 16.3 Å². The molecule has 0 unspecified atom stereocenters. The fourth-order valence-corrected chi connectivity index (χ4v) is 4.76. The fraction of sp³-hybridized carbons (Fsp3) is 0.130. The van der Waals surface area contributed by atoms with Gasteiger partial charge in [-0.25, -0.2) is 9.37 Å². The van der Waals surface area contributed by atoms with Gasteiger partial charge in [0.15, 0.2) is 22.5 Å². The van der Waals surface area contributed by atoms with Crippen LogP contribution in [0.5, 0.6) is 5.75 Å². The highest BCUT2D eigenvalue weighted by Crippen LogP contribution is 2.28. The minimum atomic E-state index is -0.458. The number of carbonyl (C=O) groups excluding carboxylic acids is 1. The van der Waals surface area contributed by atoms with E-state index in [4.69, 9.17) is 10.5 Å². The molecule has 0 aliphatic carbocycles. The Balaban J connectivity index is 1.42. The summed E-state index contributed by atoms with van der Waals surface area (Å²) in [6.45, 7) is 4.38. The second kappa shape index (κ2) is 10.4. The number of halogens is 1. The number of carbonyl (C=O) groups is 1. The summed E-state index contributed by atoms with van der Waals surface area (Å²) in [5.74, 6) is 0.456. The van der Waals surface area contributed by atoms with Crippen LogP contribution in [-0.2, 0) is 18.9 Å². The summed E-state index contributed by atoms with van der Waals surface area (Å²) in [5, 5.41) is 12.0. The van der Waals surface area contributed by atoms with Gasteiger partial charge in [0.2, 0.25) is 5.91 Å². The van der Waals surface area contributed by atoms with Crippen LogP contribution in [0, 0.1) is 5.82 Å². The summed E-state index contributed by atoms with van der Waals surface area (Å²) in [6, 6.07) is 13.3. The number of aromatic nitrogens is 4. The van der Waals surface area contributed by atoms with Crippen LogP contribution in [0.4, 0.5) is 4.39 Å². The van der Waals surface area contributed by atoms with E-state index < -0.39 is 11.7 Å². The van der Waals surface area contributed by atoms with Crippen molar-refractivity contribution < 1.29 is 13.9 Å². The zero-order chi connectivity index (χ0) is 23.2. The first-order valence-corrected chi connectivity index (χ1v) is 11.8. The Morgan fingerprint density at radius 1 is 1.21 bits per heavy atom. The van der Waals surface area contributed by atoms with Crippen molar-refractivity contribution in [3.63, 3.8) is 0 Å². The number of para-hydroxylation sites is 1. The van der Waals surface area contributed by atoms with Crippen molar-refractivity contribution in [2.45, 2.75) is 24.1 Å². The smallest absolute Gasteiger partial charge is 0.248 e. The molecule has 0 bridgehead atoms. The standard InChI is InChI=1S/C23H20FN5O2S2/c1-2-11-29-20(12-31-19-6-4-3-5-18(19)24)27-28-23(29)33-14-17-13-32-22(26-17)16-9-7-15(8-10-16)21(25)30/h2-10,13H,1,11-12,14H2,(H2,25,30). The summed E-state index contributed by atoms with van der Waals surface area (Å²) in [4.78, 5) is 15.9. The van der Waals surface area contributed by atoms with Crippen molar-refractivity contribution in [1.29, 1.82) is 0 Å². The first-order valence-electron chi connectivity index (χ1n) is 9.93. The molecular formula is C23H20FN5O2S2. The molecule has 0 fully saturated rings. The number of amides is 1. The molecule has 10 heteroatoms. The molecule has 2 aromatic carbocycles. The van der Waals surface area contributed by atoms with E-state index >= 15 is 0 Å². The number of allylic oxidation sites excluding steroid dienone is 1. The molecule has 0 saturated heterocycles. The van der Waals surface area contributed by atoms with Crippen LogP contribution in [0.1, 0.15) is 21.9 Å². The van der Waals surface area contributed by atoms with E-state index in [2.05, 4.69) is 21.8 Å². The topological polar surface area (TPSA) is 95.9 Å². The van der Waals surface area contributed by atoms with Gasteiger partial charge < -0.3 is 10.5 Å². The third-order valence-electron chi connectivity index (χ3n) is 4.62. The van der Waals surface area contributed by atoms with Crippen molar-refractivity contribution in [3.8, 4) is 16.3 Å². The Bertz CT molecular complexity index is 1270. The van der Waals surface area contributed by atoms with Crippen molar-refractivity contribution in [2.75, 3.05) is 0 Å². The molecule has 0 atom stereocenters. The molecule has 0 saturated carbocycles. The second-order valence-electron chi connectivity index (χ2n) is 6.89. The van der Waals surface area contributed by atoms with Gasteiger partial charge in [0, 0.05) is 28.8 Å². The number of benzene rings is 2. The molecule has 0 radical (unpaired) electrons. The molecule has 0 spiro atoms. The quantitative estimate of drug-likeness (QED) is 0.261. The lowest BCUT2D eigenvalue weighted by Gasteiger charge is -2.09. The third-order valence-corrected chi connectivity index (χ3v) is 6.56. The number of thioether (sulfide) groups is 1. The predicted molar refractivity (Wildman–Crippen MR) is 127 cm³/mol. The van der Waals surface area contributed by atoms with Gasteiger partial charge in [0.25, 0.3) is 0 Å². The Hall–Kier alpha value is -3.50. The molecule has 2 N–H and O–H groups in total. The molecule has 1 amide bonds. The zero-order valence-electron chi connectivity index (χ0n) is 17.5. The number of rotatable bonds is 10. The summed E-state index contributed by atoms with van der Waals surface area (Å²) in [7, 11) is 0. The predicted octanol–water partition coefficient (Wildman–Crippen LogP) is 4.70. The Kier molecular flexibility index (Phi) is 7.16. The molecule has 33 heavy (non-hydrogen) atoms. The maximum absolute atomic E-state index is 13.8. The van der Waals surface area contributed by atoms with Gasteiger partial charge in [0.05, 0.1) is 5.69 Å². The monoisotopic (exact) mass is 481 g/mol. The number of nitrogens with two attached hydrogens (primary N) is 1. The van der Waals surface area contributed by atoms with Crippen LogP contribution in [0.2, 0.25) is 0 Å². The van der Waals surface area contributed by atoms with Crippen LogP contribution in [0.15, 0.2) is 71.7 Å². The molecule has 7 nitrogen and oxygen atoms in total. The number of hydrogen-bond acceptors (Lipinski definition) is 7. The lowest BCUT2D eigenvalue weighted by molar-refractivity contribution is 0.100. The molecule has 4 aromatic rings. The Morgan fingerprint density at radius 2 is 2.00 bits per heavy atom. The van der Waals surface area contributed by atoms with Crippen molar-refractivity contribution in [1.82, 2.24) is 19.7 Å². The second-order valence-corrected chi connectivity index (χ2v) is 8.69. The number of nitrogens with zero attached hydrogens (tertiary/aromatic N) is 4. The van der Waals surface area contributed by atoms with Crippen molar-refractivity contribution in [3.05, 3.63) is 89.5 Å². The summed E-state index contributed by atoms with van der Waals surface area (Å²) < 4.78 is 21.3. The van der Waals surface area contributed by atoms with Gasteiger partial charge in [-0.3, -0.25) is 9.36 Å². The minimum absolute atomic E-state index is 0.0878. The molecule has 0 aliphatic heterocycles. The number of primary amides is 1. The summed E-state index contributed by atoms with van der Waals surface area (Å²) in [6.07, 6.45) is 1.75. The minimum Gasteiger partial charge on any atom is -0.483 e. The number of thiazole rings is 1. The highest BCUT2D eigenvalue weighted by Gasteiger charge is 2.15. The maximum atomic E-state index is 13.8. The lowest BCUT2D eigenvalue weighted by Crippen LogP contribution is -2.10. The van der Waals surface area contributed by atoms with Crippen LogP contribution in [0.3, 0.4) is 0 Å². The van der Waals surface area contributed by atoms with Gasteiger partial charge in [-0.2, -0.15) is 0 Å². The van der Waals surface area contributed by atoms with Crippen LogP contribution < -0.4 is 10.5 Å². The first kappa shape index (κ1) is 22.7. The molecule has 168 valence electrons. The maximum Gasteiger partial charge on any atom is 0.248 e. The first-order chi connectivity index (χ1) is 16.0. The van der Waals surface area contributed by atoms with E-state index in [1.54, 1.807) is 36.4 Å².